The van der Waals surface area contributed by atoms with Gasteiger partial charge in [0.2, 0.25) is 0 Å². The van der Waals surface area contributed by atoms with E-state index < -0.39 is 0 Å². The van der Waals surface area contributed by atoms with Crippen LogP contribution in [-0.2, 0) is 4.79 Å². The average molecular weight is 294 g/mol. The summed E-state index contributed by atoms with van der Waals surface area (Å²) >= 11 is 6.06. The molecule has 1 saturated carbocycles. The van der Waals surface area contributed by atoms with Gasteiger partial charge in [-0.25, -0.2) is 0 Å². The van der Waals surface area contributed by atoms with Gasteiger partial charge in [0.25, 0.3) is 0 Å². The van der Waals surface area contributed by atoms with Gasteiger partial charge in [-0.3, -0.25) is 9.69 Å². The van der Waals surface area contributed by atoms with Crippen LogP contribution in [-0.4, -0.2) is 24.3 Å². The summed E-state index contributed by atoms with van der Waals surface area (Å²) in [5.41, 5.74) is 1.21. The zero-order valence-electron chi connectivity index (χ0n) is 12.4. The summed E-state index contributed by atoms with van der Waals surface area (Å²) in [5.74, 6) is 0.664. The lowest BCUT2D eigenvalue weighted by Crippen LogP contribution is -2.32. The number of halogens is 1. The molecule has 0 spiro atoms. The molecule has 0 aliphatic heterocycles. The van der Waals surface area contributed by atoms with Crippen LogP contribution in [0.1, 0.15) is 50.6 Å². The zero-order valence-corrected chi connectivity index (χ0v) is 13.2. The average Bonchev–Trinajstić information content (AvgIpc) is 2.63. The highest BCUT2D eigenvalue weighted by Gasteiger charge is 2.24. The highest BCUT2D eigenvalue weighted by atomic mass is 35.5. The topological polar surface area (TPSA) is 20.3 Å². The molecule has 0 radical (unpaired) electrons. The van der Waals surface area contributed by atoms with E-state index in [9.17, 15) is 4.79 Å². The van der Waals surface area contributed by atoms with Crippen molar-refractivity contribution in [3.05, 3.63) is 34.9 Å². The number of Topliss-reactive ketones (excluding diaryl/α,β-unsaturated/α-hetero) is 1. The van der Waals surface area contributed by atoms with Gasteiger partial charge in [-0.15, -0.1) is 0 Å². The fourth-order valence-electron chi connectivity index (χ4n) is 2.95. The van der Waals surface area contributed by atoms with Crippen LogP contribution in [0.2, 0.25) is 5.02 Å². The van der Waals surface area contributed by atoms with E-state index in [1.807, 2.05) is 18.2 Å². The van der Waals surface area contributed by atoms with Crippen LogP contribution in [0.4, 0.5) is 0 Å². The maximum atomic E-state index is 12.1. The van der Waals surface area contributed by atoms with Gasteiger partial charge < -0.3 is 0 Å². The second kappa shape index (κ2) is 7.24. The summed E-state index contributed by atoms with van der Waals surface area (Å²) in [4.78, 5) is 14.4. The number of ketones is 1. The predicted molar refractivity (Wildman–Crippen MR) is 84.1 cm³/mol. The molecule has 1 fully saturated rings. The molecule has 1 aliphatic rings. The lowest BCUT2D eigenvalue weighted by Gasteiger charge is -2.28. The summed E-state index contributed by atoms with van der Waals surface area (Å²) in [7, 11) is 2.10. The van der Waals surface area contributed by atoms with Crippen LogP contribution in [0, 0.1) is 5.92 Å². The first kappa shape index (κ1) is 15.5. The van der Waals surface area contributed by atoms with Gasteiger partial charge in [-0.05, 0) is 44.5 Å². The van der Waals surface area contributed by atoms with Crippen LogP contribution < -0.4 is 0 Å². The zero-order chi connectivity index (χ0) is 14.5. The van der Waals surface area contributed by atoms with E-state index in [-0.39, 0.29) is 12.0 Å². The fourth-order valence-corrected chi connectivity index (χ4v) is 3.15. The molecule has 2 nitrogen and oxygen atoms in total. The molecule has 3 heteroatoms. The molecule has 1 aliphatic carbocycles. The van der Waals surface area contributed by atoms with E-state index in [1.54, 1.807) is 0 Å². The van der Waals surface area contributed by atoms with Crippen molar-refractivity contribution in [3.8, 4) is 0 Å². The SMILES string of the molecule is CC(c1cccc(Cl)c1)N(C)CC1CCCCCC1=O. The van der Waals surface area contributed by atoms with Crippen molar-refractivity contribution < 1.29 is 4.79 Å². The lowest BCUT2D eigenvalue weighted by molar-refractivity contribution is -0.123. The van der Waals surface area contributed by atoms with Crippen molar-refractivity contribution >= 4 is 17.4 Å². The molecule has 0 saturated heterocycles. The van der Waals surface area contributed by atoms with E-state index in [0.717, 1.165) is 30.8 Å². The van der Waals surface area contributed by atoms with E-state index in [2.05, 4.69) is 24.9 Å². The van der Waals surface area contributed by atoms with Crippen LogP contribution in [0.25, 0.3) is 0 Å². The van der Waals surface area contributed by atoms with Crippen LogP contribution in [0.15, 0.2) is 24.3 Å². The molecule has 1 aromatic carbocycles. The molecular weight excluding hydrogens is 270 g/mol. The largest absolute Gasteiger partial charge is 0.299 e. The second-order valence-electron chi connectivity index (χ2n) is 5.93. The van der Waals surface area contributed by atoms with Crippen LogP contribution >= 0.6 is 11.6 Å². The molecule has 2 rings (SSSR count). The minimum Gasteiger partial charge on any atom is -0.299 e. The van der Waals surface area contributed by atoms with Crippen molar-refractivity contribution in [3.63, 3.8) is 0 Å². The quantitative estimate of drug-likeness (QED) is 0.763. The van der Waals surface area contributed by atoms with Crippen LogP contribution in [0.5, 0.6) is 0 Å². The number of hydrogen-bond acceptors (Lipinski definition) is 2. The number of carbonyl (C=O) groups excluding carboxylic acids is 1. The Balaban J connectivity index is 1.99. The monoisotopic (exact) mass is 293 g/mol. The summed E-state index contributed by atoms with van der Waals surface area (Å²) in [6.45, 7) is 3.03. The number of carbonyl (C=O) groups is 1. The Kier molecular flexibility index (Phi) is 5.62. The number of hydrogen-bond donors (Lipinski definition) is 0. The Morgan fingerprint density at radius 1 is 1.35 bits per heavy atom. The first-order valence-electron chi connectivity index (χ1n) is 7.56. The Morgan fingerprint density at radius 3 is 2.90 bits per heavy atom. The van der Waals surface area contributed by atoms with Crippen molar-refractivity contribution in [2.75, 3.05) is 13.6 Å². The van der Waals surface area contributed by atoms with Gasteiger partial charge in [-0.1, -0.05) is 36.6 Å². The van der Waals surface area contributed by atoms with Gasteiger partial charge in [0, 0.05) is 29.9 Å². The standard InChI is InChI=1S/C17H24ClNO/c1-13(14-8-6-9-16(18)11-14)19(2)12-15-7-4-3-5-10-17(15)20/h6,8-9,11,13,15H,3-5,7,10,12H2,1-2H3. The Morgan fingerprint density at radius 2 is 2.15 bits per heavy atom. The molecule has 0 amide bonds. The first-order chi connectivity index (χ1) is 9.58. The summed E-state index contributed by atoms with van der Waals surface area (Å²) in [5, 5.41) is 0.772. The normalized spacial score (nSPS) is 21.8. The Hall–Kier alpha value is -0.860. The van der Waals surface area contributed by atoms with E-state index in [0.29, 0.717) is 5.78 Å². The van der Waals surface area contributed by atoms with Crippen molar-refractivity contribution in [2.45, 2.75) is 45.1 Å². The minimum atomic E-state index is 0.212. The molecular formula is C17H24ClNO. The van der Waals surface area contributed by atoms with Gasteiger partial charge in [0.15, 0.2) is 0 Å². The fraction of sp³-hybridized carbons (Fsp3) is 0.588. The molecule has 1 aromatic rings. The highest BCUT2D eigenvalue weighted by molar-refractivity contribution is 6.30. The van der Waals surface area contributed by atoms with Crippen LogP contribution in [0.3, 0.4) is 0 Å². The van der Waals surface area contributed by atoms with Gasteiger partial charge in [0.05, 0.1) is 0 Å². The number of benzene rings is 1. The molecule has 0 bridgehead atoms. The number of rotatable bonds is 4. The lowest BCUT2D eigenvalue weighted by atomic mass is 9.97. The van der Waals surface area contributed by atoms with Crippen molar-refractivity contribution in [2.24, 2.45) is 5.92 Å². The molecule has 0 aromatic heterocycles. The second-order valence-corrected chi connectivity index (χ2v) is 6.37. The minimum absolute atomic E-state index is 0.212. The third-order valence-electron chi connectivity index (χ3n) is 4.43. The molecule has 20 heavy (non-hydrogen) atoms. The predicted octanol–water partition coefficient (Wildman–Crippen LogP) is 4.48. The third-order valence-corrected chi connectivity index (χ3v) is 4.67. The van der Waals surface area contributed by atoms with E-state index in [1.165, 1.54) is 18.4 Å². The van der Waals surface area contributed by atoms with E-state index >= 15 is 0 Å². The van der Waals surface area contributed by atoms with Crippen molar-refractivity contribution in [1.29, 1.82) is 0 Å². The maximum absolute atomic E-state index is 12.1. The summed E-state index contributed by atoms with van der Waals surface area (Å²) in [6, 6.07) is 8.27. The molecule has 0 heterocycles. The number of nitrogens with zero attached hydrogens (tertiary/aromatic N) is 1. The van der Waals surface area contributed by atoms with E-state index in [4.69, 9.17) is 11.6 Å². The molecule has 0 N–H and O–H groups in total. The Bertz CT molecular complexity index is 460. The molecule has 110 valence electrons. The smallest absolute Gasteiger partial charge is 0.137 e. The highest BCUT2D eigenvalue weighted by Crippen LogP contribution is 2.26. The van der Waals surface area contributed by atoms with Gasteiger partial charge in [0.1, 0.15) is 5.78 Å². The maximum Gasteiger partial charge on any atom is 0.137 e. The van der Waals surface area contributed by atoms with Gasteiger partial charge >= 0.3 is 0 Å². The summed E-state index contributed by atoms with van der Waals surface area (Å²) < 4.78 is 0. The molecule has 2 unspecified atom stereocenters. The van der Waals surface area contributed by atoms with Gasteiger partial charge in [-0.2, -0.15) is 0 Å². The molecule has 2 atom stereocenters. The third kappa shape index (κ3) is 4.07. The first-order valence-corrected chi connectivity index (χ1v) is 7.94. The Labute approximate surface area is 127 Å². The van der Waals surface area contributed by atoms with Crippen molar-refractivity contribution in [1.82, 2.24) is 4.90 Å². The summed E-state index contributed by atoms with van der Waals surface area (Å²) in [6.07, 6.45) is 5.28.